The molecule has 0 aliphatic carbocycles. The third-order valence-electron chi connectivity index (χ3n) is 1.70. The molecule has 0 aliphatic heterocycles. The molecule has 3 nitrogen and oxygen atoms in total. The predicted molar refractivity (Wildman–Crippen MR) is 52.2 cm³/mol. The average molecular weight is 183 g/mol. The van der Waals surface area contributed by atoms with E-state index in [2.05, 4.69) is 11.2 Å². The third kappa shape index (κ3) is 6.18. The van der Waals surface area contributed by atoms with Crippen molar-refractivity contribution in [3.05, 3.63) is 0 Å². The first-order valence-electron chi connectivity index (χ1n) is 4.57. The number of ether oxygens (including phenoxy) is 1. The van der Waals surface area contributed by atoms with Crippen LogP contribution in [0.25, 0.3) is 0 Å². The van der Waals surface area contributed by atoms with Gasteiger partial charge in [-0.2, -0.15) is 0 Å². The highest BCUT2D eigenvalue weighted by atomic mass is 16.5. The Labute approximate surface area is 79.8 Å². The molecule has 0 saturated carbocycles. The van der Waals surface area contributed by atoms with E-state index in [-0.39, 0.29) is 18.6 Å². The molecule has 0 heterocycles. The maximum atomic E-state index is 10.9. The smallest absolute Gasteiger partial charge is 0.319 e. The van der Waals surface area contributed by atoms with E-state index in [1.165, 1.54) is 0 Å². The fourth-order valence-corrected chi connectivity index (χ4v) is 0.943. The molecule has 0 aliphatic rings. The van der Waals surface area contributed by atoms with Crippen LogP contribution in [0.5, 0.6) is 0 Å². The minimum absolute atomic E-state index is 0.217. The Hall–Kier alpha value is -1.01. The highest BCUT2D eigenvalue weighted by molar-refractivity contribution is 5.71. The first kappa shape index (κ1) is 12.0. The van der Waals surface area contributed by atoms with E-state index in [0.717, 1.165) is 6.42 Å². The van der Waals surface area contributed by atoms with Gasteiger partial charge in [0.1, 0.15) is 0 Å². The molecular weight excluding hydrogens is 166 g/mol. The summed E-state index contributed by atoms with van der Waals surface area (Å²) < 4.78 is 4.76. The first-order chi connectivity index (χ1) is 6.24. The zero-order valence-electron chi connectivity index (χ0n) is 8.30. The Balaban J connectivity index is 3.60. The molecule has 0 aromatic rings. The van der Waals surface area contributed by atoms with Crippen LogP contribution >= 0.6 is 0 Å². The average Bonchev–Trinajstić information content (AvgIpc) is 2.12. The van der Waals surface area contributed by atoms with Gasteiger partial charge >= 0.3 is 5.97 Å². The van der Waals surface area contributed by atoms with Gasteiger partial charge in [0.15, 0.2) is 0 Å². The van der Waals surface area contributed by atoms with Crippen LogP contribution in [0.1, 0.15) is 26.7 Å². The summed E-state index contributed by atoms with van der Waals surface area (Å²) in [5, 5.41) is 3.04. The van der Waals surface area contributed by atoms with Gasteiger partial charge in [-0.15, -0.1) is 12.3 Å². The van der Waals surface area contributed by atoms with Crippen molar-refractivity contribution in [1.82, 2.24) is 5.32 Å². The number of esters is 1. The van der Waals surface area contributed by atoms with Crippen molar-refractivity contribution in [3.8, 4) is 12.3 Å². The molecule has 1 atom stereocenters. The topological polar surface area (TPSA) is 38.3 Å². The highest BCUT2D eigenvalue weighted by Gasteiger charge is 2.06. The second kappa shape index (κ2) is 7.63. The summed E-state index contributed by atoms with van der Waals surface area (Å²) in [6, 6.07) is 0.217. The Morgan fingerprint density at radius 1 is 1.62 bits per heavy atom. The van der Waals surface area contributed by atoms with Crippen molar-refractivity contribution in [1.29, 1.82) is 0 Å². The number of hydrogen-bond acceptors (Lipinski definition) is 3. The van der Waals surface area contributed by atoms with Crippen LogP contribution in [0.3, 0.4) is 0 Å². The molecule has 0 radical (unpaired) electrons. The number of hydrogen-bond donors (Lipinski definition) is 1. The lowest BCUT2D eigenvalue weighted by molar-refractivity contribution is -0.142. The highest BCUT2D eigenvalue weighted by Crippen LogP contribution is 1.95. The molecule has 1 N–H and O–H groups in total. The van der Waals surface area contributed by atoms with Gasteiger partial charge in [0, 0.05) is 12.5 Å². The van der Waals surface area contributed by atoms with Gasteiger partial charge in [0.2, 0.25) is 0 Å². The zero-order chi connectivity index (χ0) is 10.1. The molecule has 0 bridgehead atoms. The fourth-order valence-electron chi connectivity index (χ4n) is 0.943. The summed E-state index contributed by atoms with van der Waals surface area (Å²) >= 11 is 0. The molecular formula is C10H17NO2. The largest absolute Gasteiger partial charge is 0.465 e. The van der Waals surface area contributed by atoms with Crippen molar-refractivity contribution in [2.24, 2.45) is 0 Å². The van der Waals surface area contributed by atoms with Crippen LogP contribution in [0.4, 0.5) is 0 Å². The lowest BCUT2D eigenvalue weighted by Gasteiger charge is -2.12. The molecule has 74 valence electrons. The Kier molecular flexibility index (Phi) is 7.04. The van der Waals surface area contributed by atoms with E-state index >= 15 is 0 Å². The Bertz CT molecular complexity index is 184. The van der Waals surface area contributed by atoms with Gasteiger partial charge < -0.3 is 10.1 Å². The Morgan fingerprint density at radius 3 is 2.77 bits per heavy atom. The lowest BCUT2D eigenvalue weighted by Crippen LogP contribution is -2.33. The van der Waals surface area contributed by atoms with Gasteiger partial charge in [-0.25, -0.2) is 0 Å². The second-order valence-electron chi connectivity index (χ2n) is 2.70. The molecule has 0 spiro atoms. The summed E-state index contributed by atoms with van der Waals surface area (Å²) in [7, 11) is 0. The molecule has 0 amide bonds. The number of carbonyl (C=O) groups is 1. The predicted octanol–water partition coefficient (Wildman–Crippen LogP) is 0.941. The van der Waals surface area contributed by atoms with Crippen LogP contribution in [0, 0.1) is 12.3 Å². The summed E-state index contributed by atoms with van der Waals surface area (Å²) in [6.07, 6.45) is 6.73. The molecule has 0 saturated heterocycles. The molecule has 0 aromatic heterocycles. The first-order valence-corrected chi connectivity index (χ1v) is 4.57. The van der Waals surface area contributed by atoms with Crippen LogP contribution in [0.15, 0.2) is 0 Å². The molecule has 0 rings (SSSR count). The fraction of sp³-hybridized carbons (Fsp3) is 0.700. The van der Waals surface area contributed by atoms with Crippen LogP contribution < -0.4 is 5.32 Å². The van der Waals surface area contributed by atoms with Crippen molar-refractivity contribution in [3.63, 3.8) is 0 Å². The molecule has 3 heteroatoms. The molecule has 0 aromatic carbocycles. The van der Waals surface area contributed by atoms with Crippen LogP contribution in [-0.2, 0) is 9.53 Å². The normalized spacial score (nSPS) is 11.8. The Morgan fingerprint density at radius 2 is 2.31 bits per heavy atom. The summed E-state index contributed by atoms with van der Waals surface area (Å²) in [4.78, 5) is 10.9. The maximum absolute atomic E-state index is 10.9. The standard InChI is InChI=1S/C10H17NO2/c1-4-7-9(5-2)11-8-10(12)13-6-3/h1,9,11H,5-8H2,2-3H3. The third-order valence-corrected chi connectivity index (χ3v) is 1.70. The van der Waals surface area contributed by atoms with E-state index < -0.39 is 0 Å². The lowest BCUT2D eigenvalue weighted by atomic mass is 10.1. The van der Waals surface area contributed by atoms with E-state index in [0.29, 0.717) is 13.0 Å². The maximum Gasteiger partial charge on any atom is 0.319 e. The molecule has 0 fully saturated rings. The number of carbonyl (C=O) groups excluding carboxylic acids is 1. The van der Waals surface area contributed by atoms with Crippen LogP contribution in [0.2, 0.25) is 0 Å². The van der Waals surface area contributed by atoms with Crippen molar-refractivity contribution < 1.29 is 9.53 Å². The van der Waals surface area contributed by atoms with Crippen molar-refractivity contribution in [2.45, 2.75) is 32.7 Å². The number of terminal acetylenes is 1. The van der Waals surface area contributed by atoms with Crippen molar-refractivity contribution in [2.75, 3.05) is 13.2 Å². The molecule has 1 unspecified atom stereocenters. The van der Waals surface area contributed by atoms with E-state index in [1.54, 1.807) is 6.92 Å². The van der Waals surface area contributed by atoms with Gasteiger partial charge in [0.25, 0.3) is 0 Å². The SMILES string of the molecule is C#CCC(CC)NCC(=O)OCC. The monoisotopic (exact) mass is 183 g/mol. The van der Waals surface area contributed by atoms with Gasteiger partial charge in [0.05, 0.1) is 13.2 Å². The zero-order valence-corrected chi connectivity index (χ0v) is 8.30. The molecule has 13 heavy (non-hydrogen) atoms. The summed E-state index contributed by atoms with van der Waals surface area (Å²) in [5.74, 6) is 2.34. The minimum Gasteiger partial charge on any atom is -0.465 e. The van der Waals surface area contributed by atoms with Crippen molar-refractivity contribution >= 4 is 5.97 Å². The van der Waals surface area contributed by atoms with Gasteiger partial charge in [-0.3, -0.25) is 4.79 Å². The van der Waals surface area contributed by atoms with E-state index in [4.69, 9.17) is 11.2 Å². The van der Waals surface area contributed by atoms with Gasteiger partial charge in [-0.05, 0) is 13.3 Å². The summed E-state index contributed by atoms with van der Waals surface area (Å²) in [6.45, 7) is 4.48. The minimum atomic E-state index is -0.224. The quantitative estimate of drug-likeness (QED) is 0.492. The summed E-state index contributed by atoms with van der Waals surface area (Å²) in [5.41, 5.74) is 0. The van der Waals surface area contributed by atoms with Gasteiger partial charge in [-0.1, -0.05) is 6.92 Å². The number of nitrogens with one attached hydrogen (secondary N) is 1. The van der Waals surface area contributed by atoms with E-state index in [1.807, 2.05) is 6.92 Å². The van der Waals surface area contributed by atoms with E-state index in [9.17, 15) is 4.79 Å². The number of rotatable bonds is 6. The second-order valence-corrected chi connectivity index (χ2v) is 2.70. The van der Waals surface area contributed by atoms with Crippen LogP contribution in [-0.4, -0.2) is 25.2 Å².